The lowest BCUT2D eigenvalue weighted by Crippen LogP contribution is -2.39. The first-order valence-corrected chi connectivity index (χ1v) is 11.6. The van der Waals surface area contributed by atoms with Crippen LogP contribution in [-0.2, 0) is 10.2 Å². The lowest BCUT2D eigenvalue weighted by atomic mass is 9.90. The maximum Gasteiger partial charge on any atom is 0.335 e. The van der Waals surface area contributed by atoms with Gasteiger partial charge in [0.25, 0.3) is 0 Å². The van der Waals surface area contributed by atoms with E-state index in [9.17, 15) is 14.7 Å². The molecule has 1 heterocycles. The first-order valence-electron chi connectivity index (χ1n) is 11.6. The zero-order chi connectivity index (χ0) is 24.6. The van der Waals surface area contributed by atoms with Crippen LogP contribution in [-0.4, -0.2) is 31.2 Å². The van der Waals surface area contributed by atoms with Gasteiger partial charge in [-0.25, -0.2) is 4.79 Å². The Hall–Kier alpha value is -4.00. The topological polar surface area (TPSA) is 94.1 Å². The van der Waals surface area contributed by atoms with E-state index in [1.165, 1.54) is 0 Å². The van der Waals surface area contributed by atoms with E-state index in [1.807, 2.05) is 42.5 Å². The number of amides is 1. The van der Waals surface area contributed by atoms with E-state index in [0.29, 0.717) is 17.9 Å². The Labute approximate surface area is 203 Å². The van der Waals surface area contributed by atoms with Crippen LogP contribution in [0.4, 0.5) is 0 Å². The zero-order valence-electron chi connectivity index (χ0n) is 19.6. The predicted octanol–water partition coefficient (Wildman–Crippen LogP) is 4.81. The van der Waals surface area contributed by atoms with Gasteiger partial charge in [0.2, 0.25) is 5.91 Å². The molecule has 180 valence electrons. The molecule has 0 radical (unpaired) electrons. The molecule has 0 spiro atoms. The smallest absolute Gasteiger partial charge is 0.335 e. The number of carboxylic acids is 1. The summed E-state index contributed by atoms with van der Waals surface area (Å²) in [6.45, 7) is 0. The van der Waals surface area contributed by atoms with Crippen LogP contribution in [0.1, 0.15) is 58.5 Å². The van der Waals surface area contributed by atoms with Crippen molar-refractivity contribution in [3.63, 3.8) is 0 Å². The molecule has 2 N–H and O–H groups in total. The van der Waals surface area contributed by atoms with E-state index in [4.69, 9.17) is 14.2 Å². The van der Waals surface area contributed by atoms with Crippen LogP contribution in [0.5, 0.6) is 17.2 Å². The number of nitrogens with one attached hydrogen (secondary N) is 1. The third-order valence-corrected chi connectivity index (χ3v) is 6.98. The SMILES string of the molecule is COc1ccc(C2(C(=O)N[C@@H]3C[C@H](c4ccc(C(=O)O)cc4)Oc4cc(OC)ccc43)CC2)cc1. The fourth-order valence-corrected chi connectivity index (χ4v) is 4.73. The summed E-state index contributed by atoms with van der Waals surface area (Å²) in [6.07, 6.45) is 1.77. The molecule has 1 amide bonds. The minimum Gasteiger partial charge on any atom is -0.497 e. The molecule has 3 aromatic rings. The Morgan fingerprint density at radius 2 is 1.60 bits per heavy atom. The Morgan fingerprint density at radius 1 is 0.943 bits per heavy atom. The maximum atomic E-state index is 13.6. The Kier molecular flexibility index (Phi) is 5.84. The van der Waals surface area contributed by atoms with Crippen LogP contribution in [0, 0.1) is 0 Å². The van der Waals surface area contributed by atoms with Crippen molar-refractivity contribution in [2.75, 3.05) is 14.2 Å². The van der Waals surface area contributed by atoms with Gasteiger partial charge in [-0.15, -0.1) is 0 Å². The fraction of sp³-hybridized carbons (Fsp3) is 0.286. The molecule has 2 aliphatic rings. The highest BCUT2D eigenvalue weighted by molar-refractivity contribution is 5.91. The van der Waals surface area contributed by atoms with E-state index < -0.39 is 11.4 Å². The van der Waals surface area contributed by atoms with Crippen LogP contribution in [0.15, 0.2) is 66.7 Å². The monoisotopic (exact) mass is 473 g/mol. The van der Waals surface area contributed by atoms with E-state index in [1.54, 1.807) is 38.5 Å². The molecule has 3 aromatic carbocycles. The Morgan fingerprint density at radius 3 is 2.20 bits per heavy atom. The molecule has 1 aliphatic carbocycles. The summed E-state index contributed by atoms with van der Waals surface area (Å²) >= 11 is 0. The van der Waals surface area contributed by atoms with Gasteiger partial charge in [0.15, 0.2) is 0 Å². The lowest BCUT2D eigenvalue weighted by Gasteiger charge is -2.34. The van der Waals surface area contributed by atoms with Crippen molar-refractivity contribution in [2.24, 2.45) is 0 Å². The molecular formula is C28H27NO6. The number of methoxy groups -OCH3 is 2. The van der Waals surface area contributed by atoms with Gasteiger partial charge in [0.05, 0.1) is 31.2 Å². The summed E-state index contributed by atoms with van der Waals surface area (Å²) in [4.78, 5) is 24.8. The molecule has 5 rings (SSSR count). The third-order valence-electron chi connectivity index (χ3n) is 6.98. The van der Waals surface area contributed by atoms with Crippen molar-refractivity contribution in [2.45, 2.75) is 36.8 Å². The summed E-state index contributed by atoms with van der Waals surface area (Å²) < 4.78 is 16.9. The van der Waals surface area contributed by atoms with Crippen molar-refractivity contribution in [1.82, 2.24) is 5.32 Å². The number of ether oxygens (including phenoxy) is 3. The quantitative estimate of drug-likeness (QED) is 0.511. The number of carboxylic acid groups (broad SMARTS) is 1. The molecule has 1 saturated carbocycles. The second-order valence-corrected chi connectivity index (χ2v) is 9.01. The molecule has 35 heavy (non-hydrogen) atoms. The van der Waals surface area contributed by atoms with Crippen molar-refractivity contribution in [1.29, 1.82) is 0 Å². The lowest BCUT2D eigenvalue weighted by molar-refractivity contribution is -0.124. The number of benzene rings is 3. The van der Waals surface area contributed by atoms with Gasteiger partial charge in [0, 0.05) is 18.1 Å². The van der Waals surface area contributed by atoms with Crippen molar-refractivity contribution >= 4 is 11.9 Å². The molecule has 2 atom stereocenters. The number of fused-ring (bicyclic) bond motifs is 1. The molecule has 0 aromatic heterocycles. The van der Waals surface area contributed by atoms with Gasteiger partial charge in [-0.05, 0) is 60.4 Å². The highest BCUT2D eigenvalue weighted by atomic mass is 16.5. The van der Waals surface area contributed by atoms with Crippen LogP contribution in [0.2, 0.25) is 0 Å². The van der Waals surface area contributed by atoms with E-state index in [-0.39, 0.29) is 23.6 Å². The zero-order valence-corrected chi connectivity index (χ0v) is 19.6. The average Bonchev–Trinajstić information content (AvgIpc) is 3.70. The fourth-order valence-electron chi connectivity index (χ4n) is 4.73. The van der Waals surface area contributed by atoms with Crippen molar-refractivity contribution < 1.29 is 28.9 Å². The van der Waals surface area contributed by atoms with Crippen LogP contribution in [0.25, 0.3) is 0 Å². The van der Waals surface area contributed by atoms with Crippen LogP contribution in [0.3, 0.4) is 0 Å². The minimum absolute atomic E-state index is 0.00342. The van der Waals surface area contributed by atoms with E-state index in [0.717, 1.165) is 35.3 Å². The number of aromatic carboxylic acids is 1. The van der Waals surface area contributed by atoms with E-state index in [2.05, 4.69) is 5.32 Å². The average molecular weight is 474 g/mol. The minimum atomic E-state index is -0.977. The largest absolute Gasteiger partial charge is 0.497 e. The Balaban J connectivity index is 1.42. The van der Waals surface area contributed by atoms with Gasteiger partial charge in [-0.1, -0.05) is 24.3 Å². The number of carbonyl (C=O) groups excluding carboxylic acids is 1. The summed E-state index contributed by atoms with van der Waals surface area (Å²) in [5.74, 6) is 1.08. The molecule has 1 fully saturated rings. The molecule has 0 unspecified atom stereocenters. The second-order valence-electron chi connectivity index (χ2n) is 9.01. The van der Waals surface area contributed by atoms with Crippen molar-refractivity contribution in [3.8, 4) is 17.2 Å². The van der Waals surface area contributed by atoms with Crippen molar-refractivity contribution in [3.05, 3.63) is 89.0 Å². The third kappa shape index (κ3) is 4.30. The second kappa shape index (κ2) is 8.98. The first-order chi connectivity index (χ1) is 16.9. The van der Waals surface area contributed by atoms with Crippen LogP contribution < -0.4 is 19.5 Å². The number of carbonyl (C=O) groups is 2. The van der Waals surface area contributed by atoms with Gasteiger partial charge in [-0.3, -0.25) is 4.79 Å². The molecule has 0 saturated heterocycles. The summed E-state index contributed by atoms with van der Waals surface area (Å²) in [6, 6.07) is 19.7. The summed E-state index contributed by atoms with van der Waals surface area (Å²) in [5.41, 5.74) is 2.41. The van der Waals surface area contributed by atoms with E-state index >= 15 is 0 Å². The normalized spacial score (nSPS) is 19.6. The molecule has 7 heteroatoms. The van der Waals surface area contributed by atoms with Crippen LogP contribution >= 0.6 is 0 Å². The molecule has 1 aliphatic heterocycles. The van der Waals surface area contributed by atoms with Gasteiger partial charge < -0.3 is 24.6 Å². The molecule has 0 bridgehead atoms. The molecule has 7 nitrogen and oxygen atoms in total. The summed E-state index contributed by atoms with van der Waals surface area (Å²) in [7, 11) is 3.22. The van der Waals surface area contributed by atoms with Gasteiger partial charge >= 0.3 is 5.97 Å². The standard InChI is InChI=1S/C28H27NO6/c1-33-20-9-7-19(8-10-20)28(13-14-28)27(32)29-23-16-24(17-3-5-18(6-4-17)26(30)31)35-25-15-21(34-2)11-12-22(23)25/h3-12,15,23-24H,13-14,16H2,1-2H3,(H,29,32)(H,30,31)/t23-,24-/m1/s1. The summed E-state index contributed by atoms with van der Waals surface area (Å²) in [5, 5.41) is 12.5. The number of hydrogen-bond donors (Lipinski definition) is 2. The van der Waals surface area contributed by atoms with Gasteiger partial charge in [0.1, 0.15) is 23.4 Å². The highest BCUT2D eigenvalue weighted by Gasteiger charge is 2.52. The molecular weight excluding hydrogens is 446 g/mol. The maximum absolute atomic E-state index is 13.6. The highest BCUT2D eigenvalue weighted by Crippen LogP contribution is 2.50. The Bertz CT molecular complexity index is 1250. The first kappa shape index (κ1) is 22.8. The number of rotatable bonds is 7. The van der Waals surface area contributed by atoms with Gasteiger partial charge in [-0.2, -0.15) is 0 Å². The number of hydrogen-bond acceptors (Lipinski definition) is 5. The predicted molar refractivity (Wildman–Crippen MR) is 129 cm³/mol.